The summed E-state index contributed by atoms with van der Waals surface area (Å²) in [5, 5.41) is 12.1. The van der Waals surface area contributed by atoms with Gasteiger partial charge in [-0.25, -0.2) is 0 Å². The lowest BCUT2D eigenvalue weighted by Crippen LogP contribution is -1.94. The smallest absolute Gasteiger partial charge is 0.100 e. The second-order valence-electron chi connectivity index (χ2n) is 4.99. The number of nitriles is 1. The molecule has 0 amide bonds. The maximum absolute atomic E-state index is 9.13. The fraction of sp³-hybridized carbons (Fsp3) is 0.389. The van der Waals surface area contributed by atoms with E-state index >= 15 is 0 Å². The standard InChI is InChI=1S/C16H16ClNS2.C2H7N/c1-4-12-5-6-14(17)15(10(12)2)20-11(3)16-13(9-18)7-8-19-16;1-2-3/h5-8,11H,4H2,1-3H3;2-3H2,1H3. The van der Waals surface area contributed by atoms with E-state index in [1.54, 1.807) is 23.1 Å². The molecule has 0 saturated heterocycles. The molecule has 0 aliphatic rings. The van der Waals surface area contributed by atoms with Crippen molar-refractivity contribution in [3.8, 4) is 6.07 Å². The number of rotatable bonds is 4. The second kappa shape index (κ2) is 10.00. The van der Waals surface area contributed by atoms with Crippen molar-refractivity contribution >= 4 is 34.7 Å². The van der Waals surface area contributed by atoms with Crippen LogP contribution in [-0.2, 0) is 6.42 Å². The molecular weight excluding hydrogens is 344 g/mol. The molecule has 0 saturated carbocycles. The van der Waals surface area contributed by atoms with Crippen molar-refractivity contribution in [2.45, 2.75) is 44.3 Å². The summed E-state index contributed by atoms with van der Waals surface area (Å²) < 4.78 is 0. The summed E-state index contributed by atoms with van der Waals surface area (Å²) in [7, 11) is 0. The van der Waals surface area contributed by atoms with E-state index in [0.717, 1.165) is 33.3 Å². The molecule has 2 rings (SSSR count). The molecule has 0 bridgehead atoms. The number of benzene rings is 1. The number of hydrogen-bond acceptors (Lipinski definition) is 4. The molecule has 0 radical (unpaired) electrons. The Morgan fingerprint density at radius 3 is 2.57 bits per heavy atom. The Kier molecular flexibility index (Phi) is 8.72. The van der Waals surface area contributed by atoms with Crippen LogP contribution in [0.1, 0.15) is 47.6 Å². The number of aryl methyl sites for hydroxylation is 1. The number of thioether (sulfide) groups is 1. The third kappa shape index (κ3) is 5.26. The molecule has 1 aromatic heterocycles. The number of nitrogens with zero attached hydrogens (tertiary/aromatic N) is 1. The highest BCUT2D eigenvalue weighted by atomic mass is 35.5. The van der Waals surface area contributed by atoms with Crippen LogP contribution < -0.4 is 5.73 Å². The van der Waals surface area contributed by atoms with Gasteiger partial charge in [0.05, 0.1) is 10.6 Å². The average molecular weight is 367 g/mol. The normalized spacial score (nSPS) is 11.3. The minimum absolute atomic E-state index is 0.230. The molecule has 0 fully saturated rings. The highest BCUT2D eigenvalue weighted by Crippen LogP contribution is 2.43. The van der Waals surface area contributed by atoms with Crippen molar-refractivity contribution in [3.63, 3.8) is 0 Å². The Morgan fingerprint density at radius 1 is 1.35 bits per heavy atom. The molecule has 0 aliphatic carbocycles. The lowest BCUT2D eigenvalue weighted by molar-refractivity contribution is 1.07. The first kappa shape index (κ1) is 20.1. The molecule has 0 spiro atoms. The highest BCUT2D eigenvalue weighted by molar-refractivity contribution is 7.99. The number of hydrogen-bond donors (Lipinski definition) is 1. The van der Waals surface area contributed by atoms with Crippen molar-refractivity contribution in [2.75, 3.05) is 6.54 Å². The zero-order chi connectivity index (χ0) is 17.4. The summed E-state index contributed by atoms with van der Waals surface area (Å²) in [5.74, 6) is 0. The molecule has 2 aromatic rings. The first-order valence-corrected chi connectivity index (χ1v) is 9.75. The van der Waals surface area contributed by atoms with Crippen molar-refractivity contribution in [2.24, 2.45) is 5.73 Å². The van der Waals surface area contributed by atoms with Gasteiger partial charge in [0.1, 0.15) is 6.07 Å². The molecule has 1 heterocycles. The second-order valence-corrected chi connectivity index (χ2v) is 7.70. The van der Waals surface area contributed by atoms with Gasteiger partial charge in [0.2, 0.25) is 0 Å². The van der Waals surface area contributed by atoms with Gasteiger partial charge in [-0.15, -0.1) is 23.1 Å². The molecule has 1 unspecified atom stereocenters. The first-order chi connectivity index (χ1) is 11.0. The van der Waals surface area contributed by atoms with Crippen LogP contribution in [-0.4, -0.2) is 6.54 Å². The molecular formula is C18H23ClN2S2. The average Bonchev–Trinajstić information content (AvgIpc) is 3.01. The summed E-state index contributed by atoms with van der Waals surface area (Å²) >= 11 is 9.73. The maximum Gasteiger partial charge on any atom is 0.100 e. The van der Waals surface area contributed by atoms with Crippen LogP contribution in [0.25, 0.3) is 0 Å². The molecule has 0 aliphatic heterocycles. The Bertz CT molecular complexity index is 674. The van der Waals surface area contributed by atoms with Crippen LogP contribution in [0.5, 0.6) is 0 Å². The van der Waals surface area contributed by atoms with E-state index in [2.05, 4.69) is 32.9 Å². The largest absolute Gasteiger partial charge is 0.331 e. The van der Waals surface area contributed by atoms with Crippen LogP contribution in [0.2, 0.25) is 5.02 Å². The zero-order valence-corrected chi connectivity index (χ0v) is 16.4. The molecule has 2 N–H and O–H groups in total. The summed E-state index contributed by atoms with van der Waals surface area (Å²) in [6, 6.07) is 8.21. The van der Waals surface area contributed by atoms with Crippen LogP contribution >= 0.6 is 34.7 Å². The van der Waals surface area contributed by atoms with Gasteiger partial charge in [0.25, 0.3) is 0 Å². The lowest BCUT2D eigenvalue weighted by Gasteiger charge is -2.16. The first-order valence-electron chi connectivity index (χ1n) is 7.62. The van der Waals surface area contributed by atoms with E-state index in [0.29, 0.717) is 0 Å². The maximum atomic E-state index is 9.13. The summed E-state index contributed by atoms with van der Waals surface area (Å²) in [6.07, 6.45) is 1.01. The number of halogens is 1. The Labute approximate surface area is 152 Å². The van der Waals surface area contributed by atoms with Crippen LogP contribution in [0.15, 0.2) is 28.5 Å². The highest BCUT2D eigenvalue weighted by Gasteiger charge is 2.17. The van der Waals surface area contributed by atoms with E-state index < -0.39 is 0 Å². The fourth-order valence-electron chi connectivity index (χ4n) is 2.19. The number of nitrogens with two attached hydrogens (primary N) is 1. The van der Waals surface area contributed by atoms with E-state index in [-0.39, 0.29) is 5.25 Å². The minimum Gasteiger partial charge on any atom is -0.331 e. The third-order valence-electron chi connectivity index (χ3n) is 3.33. The molecule has 23 heavy (non-hydrogen) atoms. The predicted octanol–water partition coefficient (Wildman–Crippen LogP) is 5.96. The van der Waals surface area contributed by atoms with Crippen molar-refractivity contribution in [1.82, 2.24) is 0 Å². The van der Waals surface area contributed by atoms with Gasteiger partial charge in [-0.05, 0) is 55.5 Å². The van der Waals surface area contributed by atoms with Gasteiger partial charge < -0.3 is 5.73 Å². The Hall–Kier alpha value is -0.990. The van der Waals surface area contributed by atoms with E-state index in [1.165, 1.54) is 11.1 Å². The zero-order valence-electron chi connectivity index (χ0n) is 14.0. The van der Waals surface area contributed by atoms with E-state index in [4.69, 9.17) is 22.6 Å². The van der Waals surface area contributed by atoms with Crippen molar-refractivity contribution in [1.29, 1.82) is 5.26 Å². The van der Waals surface area contributed by atoms with Crippen LogP contribution in [0, 0.1) is 18.3 Å². The van der Waals surface area contributed by atoms with Gasteiger partial charge in [-0.3, -0.25) is 0 Å². The van der Waals surface area contributed by atoms with Gasteiger partial charge in [0, 0.05) is 15.0 Å². The monoisotopic (exact) mass is 366 g/mol. The van der Waals surface area contributed by atoms with Crippen molar-refractivity contribution in [3.05, 3.63) is 50.2 Å². The van der Waals surface area contributed by atoms with Gasteiger partial charge in [0.15, 0.2) is 0 Å². The van der Waals surface area contributed by atoms with Gasteiger partial charge >= 0.3 is 0 Å². The fourth-order valence-corrected chi connectivity index (χ4v) is 4.69. The van der Waals surface area contributed by atoms with Crippen molar-refractivity contribution < 1.29 is 0 Å². The summed E-state index contributed by atoms with van der Waals surface area (Å²) in [6.45, 7) is 9.06. The minimum atomic E-state index is 0.230. The number of thiophene rings is 1. The Balaban J connectivity index is 0.000000816. The van der Waals surface area contributed by atoms with Crippen LogP contribution in [0.4, 0.5) is 0 Å². The molecule has 1 aromatic carbocycles. The molecule has 5 heteroatoms. The van der Waals surface area contributed by atoms with E-state index in [1.807, 2.05) is 24.4 Å². The molecule has 1 atom stereocenters. The van der Waals surface area contributed by atoms with Gasteiger partial charge in [-0.1, -0.05) is 31.5 Å². The quantitative estimate of drug-likeness (QED) is 0.679. The molecule has 2 nitrogen and oxygen atoms in total. The Morgan fingerprint density at radius 2 is 2.00 bits per heavy atom. The molecule has 124 valence electrons. The van der Waals surface area contributed by atoms with Crippen LogP contribution in [0.3, 0.4) is 0 Å². The summed E-state index contributed by atoms with van der Waals surface area (Å²) in [4.78, 5) is 2.26. The summed E-state index contributed by atoms with van der Waals surface area (Å²) in [5.41, 5.74) is 8.21. The van der Waals surface area contributed by atoms with E-state index in [9.17, 15) is 0 Å². The third-order valence-corrected chi connectivity index (χ3v) is 6.36. The topological polar surface area (TPSA) is 49.8 Å². The predicted molar refractivity (Wildman–Crippen MR) is 104 cm³/mol. The lowest BCUT2D eigenvalue weighted by atomic mass is 10.1. The van der Waals surface area contributed by atoms with Gasteiger partial charge in [-0.2, -0.15) is 5.26 Å². The SMILES string of the molecule is CCN.CCc1ccc(Cl)c(SC(C)c2sccc2C#N)c1C.